The number of nitrogens with zero attached hydrogens (tertiary/aromatic N) is 3. The molecule has 2 aromatic carbocycles. The minimum Gasteiger partial charge on any atom is -0.390 e. The first-order chi connectivity index (χ1) is 14.6. The van der Waals surface area contributed by atoms with Gasteiger partial charge in [-0.15, -0.1) is 0 Å². The largest absolute Gasteiger partial charge is 0.390 e. The molecule has 8 nitrogen and oxygen atoms in total. The third-order valence-electron chi connectivity index (χ3n) is 5.91. The van der Waals surface area contributed by atoms with Gasteiger partial charge in [-0.25, -0.2) is 0 Å². The van der Waals surface area contributed by atoms with Gasteiger partial charge in [-0.3, -0.25) is 19.4 Å². The SMILES string of the molecule is O=c1c(NC[C@@H](O)CN2CCOCC2)c(N2CCN(Cc3ccccc3)CC2)c1=O. The van der Waals surface area contributed by atoms with Crippen molar-refractivity contribution >= 4 is 11.4 Å². The standard InChI is InChI=1S/C22H30N4O4/c27-18(16-25-10-12-30-13-11-25)14-23-19-20(22(29)21(19)28)26-8-6-24(7-9-26)15-17-4-2-1-3-5-17/h1-5,18,23,27H,6-16H2/t18-/m1/s1. The lowest BCUT2D eigenvalue weighted by Crippen LogP contribution is -2.51. The number of ether oxygens (including phenoxy) is 1. The number of morpholine rings is 1. The van der Waals surface area contributed by atoms with Crippen molar-refractivity contribution in [2.24, 2.45) is 0 Å². The Kier molecular flexibility index (Phi) is 6.79. The monoisotopic (exact) mass is 414 g/mol. The molecule has 162 valence electrons. The molecule has 2 aliphatic heterocycles. The normalized spacial score (nSPS) is 19.8. The Labute approximate surface area is 176 Å². The molecule has 30 heavy (non-hydrogen) atoms. The van der Waals surface area contributed by atoms with Gasteiger partial charge in [-0.05, 0) is 5.56 Å². The van der Waals surface area contributed by atoms with E-state index < -0.39 is 17.0 Å². The van der Waals surface area contributed by atoms with Gasteiger partial charge in [-0.1, -0.05) is 30.3 Å². The van der Waals surface area contributed by atoms with Crippen LogP contribution in [0.3, 0.4) is 0 Å². The molecular formula is C22H30N4O4. The van der Waals surface area contributed by atoms with Crippen molar-refractivity contribution in [1.29, 1.82) is 0 Å². The summed E-state index contributed by atoms with van der Waals surface area (Å²) in [5.74, 6) is 0. The zero-order chi connectivity index (χ0) is 20.9. The molecular weight excluding hydrogens is 384 g/mol. The number of β-amino-alcohol motifs (C(OH)–C–C–N with tert-alkyl or cyclic N) is 1. The number of aliphatic hydroxyl groups excluding tert-OH is 1. The minimum absolute atomic E-state index is 0.253. The van der Waals surface area contributed by atoms with Crippen molar-refractivity contribution in [3.63, 3.8) is 0 Å². The summed E-state index contributed by atoms with van der Waals surface area (Å²) in [4.78, 5) is 30.8. The number of aliphatic hydroxyl groups is 1. The molecule has 2 aromatic rings. The van der Waals surface area contributed by atoms with E-state index in [9.17, 15) is 14.7 Å². The number of piperazine rings is 1. The van der Waals surface area contributed by atoms with Crippen LogP contribution in [0.2, 0.25) is 0 Å². The topological polar surface area (TPSA) is 85.3 Å². The molecule has 2 N–H and O–H groups in total. The van der Waals surface area contributed by atoms with Crippen molar-refractivity contribution in [3.05, 3.63) is 56.3 Å². The van der Waals surface area contributed by atoms with Crippen LogP contribution >= 0.6 is 0 Å². The Morgan fingerprint density at radius 3 is 2.33 bits per heavy atom. The second-order valence-corrected chi connectivity index (χ2v) is 8.08. The Hall–Kier alpha value is -2.26. The predicted octanol–water partition coefficient (Wildman–Crippen LogP) is -0.290. The van der Waals surface area contributed by atoms with Crippen LogP contribution in [0, 0.1) is 0 Å². The molecule has 1 atom stereocenters. The predicted molar refractivity (Wildman–Crippen MR) is 117 cm³/mol. The van der Waals surface area contributed by atoms with Gasteiger partial charge in [0.15, 0.2) is 0 Å². The van der Waals surface area contributed by atoms with Crippen molar-refractivity contribution in [1.82, 2.24) is 9.80 Å². The minimum atomic E-state index is -0.608. The van der Waals surface area contributed by atoms with Gasteiger partial charge in [0.25, 0.3) is 10.9 Å². The molecule has 2 heterocycles. The van der Waals surface area contributed by atoms with Crippen LogP contribution in [0.25, 0.3) is 0 Å². The molecule has 2 saturated heterocycles. The summed E-state index contributed by atoms with van der Waals surface area (Å²) in [5, 5.41) is 13.3. The molecule has 0 spiro atoms. The number of benzene rings is 1. The van der Waals surface area contributed by atoms with Crippen molar-refractivity contribution in [2.45, 2.75) is 12.6 Å². The van der Waals surface area contributed by atoms with Gasteiger partial charge in [-0.2, -0.15) is 0 Å². The lowest BCUT2D eigenvalue weighted by molar-refractivity contribution is 0.0171. The van der Waals surface area contributed by atoms with Crippen LogP contribution in [0.5, 0.6) is 0 Å². The molecule has 0 radical (unpaired) electrons. The second-order valence-electron chi connectivity index (χ2n) is 8.08. The first-order valence-corrected chi connectivity index (χ1v) is 10.7. The maximum atomic E-state index is 12.2. The summed E-state index contributed by atoms with van der Waals surface area (Å²) in [5.41, 5.74) is 1.22. The van der Waals surface area contributed by atoms with Crippen molar-refractivity contribution in [2.75, 3.05) is 75.8 Å². The zero-order valence-corrected chi connectivity index (χ0v) is 17.3. The molecule has 4 rings (SSSR count). The van der Waals surface area contributed by atoms with Crippen molar-refractivity contribution in [3.8, 4) is 0 Å². The molecule has 0 saturated carbocycles. The summed E-state index contributed by atoms with van der Waals surface area (Å²) in [7, 11) is 0. The van der Waals surface area contributed by atoms with Crippen LogP contribution in [0.15, 0.2) is 39.9 Å². The van der Waals surface area contributed by atoms with Gasteiger partial charge < -0.3 is 20.1 Å². The molecule has 2 aliphatic rings. The Balaban J connectivity index is 1.29. The quantitative estimate of drug-likeness (QED) is 0.570. The van der Waals surface area contributed by atoms with Crippen LogP contribution in [0.4, 0.5) is 11.4 Å². The number of nitrogens with one attached hydrogen (secondary N) is 1. The Morgan fingerprint density at radius 1 is 0.933 bits per heavy atom. The zero-order valence-electron chi connectivity index (χ0n) is 17.3. The van der Waals surface area contributed by atoms with E-state index in [1.807, 2.05) is 23.1 Å². The summed E-state index contributed by atoms with van der Waals surface area (Å²) in [6.45, 7) is 7.73. The van der Waals surface area contributed by atoms with E-state index in [0.29, 0.717) is 44.2 Å². The van der Waals surface area contributed by atoms with E-state index in [1.54, 1.807) is 0 Å². The molecule has 8 heteroatoms. The molecule has 0 aromatic heterocycles. The van der Waals surface area contributed by atoms with E-state index in [-0.39, 0.29) is 6.54 Å². The van der Waals surface area contributed by atoms with Gasteiger partial charge in [0.1, 0.15) is 11.4 Å². The summed E-state index contributed by atoms with van der Waals surface area (Å²) < 4.78 is 5.32. The Morgan fingerprint density at radius 2 is 1.63 bits per heavy atom. The van der Waals surface area contributed by atoms with Gasteiger partial charge in [0.05, 0.1) is 19.3 Å². The highest BCUT2D eigenvalue weighted by Gasteiger charge is 2.29. The van der Waals surface area contributed by atoms with E-state index in [4.69, 9.17) is 4.74 Å². The maximum Gasteiger partial charge on any atom is 0.253 e. The number of hydrogen-bond acceptors (Lipinski definition) is 8. The van der Waals surface area contributed by atoms with Gasteiger partial charge in [0, 0.05) is 58.9 Å². The van der Waals surface area contributed by atoms with E-state index in [0.717, 1.165) is 32.7 Å². The molecule has 0 amide bonds. The summed E-state index contributed by atoms with van der Waals surface area (Å²) in [6, 6.07) is 10.3. The maximum absolute atomic E-state index is 12.2. The fraction of sp³-hybridized carbons (Fsp3) is 0.545. The second kappa shape index (κ2) is 9.70. The highest BCUT2D eigenvalue weighted by atomic mass is 16.5. The van der Waals surface area contributed by atoms with E-state index in [2.05, 4.69) is 27.2 Å². The number of rotatable bonds is 8. The van der Waals surface area contributed by atoms with E-state index in [1.165, 1.54) is 5.56 Å². The van der Waals surface area contributed by atoms with Gasteiger partial charge in [0.2, 0.25) is 0 Å². The lowest BCUT2D eigenvalue weighted by Gasteiger charge is -2.37. The number of hydrogen-bond donors (Lipinski definition) is 2. The summed E-state index contributed by atoms with van der Waals surface area (Å²) in [6.07, 6.45) is -0.608. The smallest absolute Gasteiger partial charge is 0.253 e. The Bertz CT molecular complexity index is 882. The molecule has 0 bridgehead atoms. The van der Waals surface area contributed by atoms with Crippen LogP contribution < -0.4 is 21.1 Å². The lowest BCUT2D eigenvalue weighted by atomic mass is 10.1. The van der Waals surface area contributed by atoms with Crippen LogP contribution in [-0.2, 0) is 11.3 Å². The van der Waals surface area contributed by atoms with Crippen LogP contribution in [0.1, 0.15) is 5.56 Å². The molecule has 2 fully saturated rings. The average Bonchev–Trinajstić information content (AvgIpc) is 2.78. The third kappa shape index (κ3) is 4.89. The fourth-order valence-corrected chi connectivity index (χ4v) is 4.18. The average molecular weight is 415 g/mol. The fourth-order valence-electron chi connectivity index (χ4n) is 4.18. The molecule has 0 aliphatic carbocycles. The van der Waals surface area contributed by atoms with Crippen LogP contribution in [-0.4, -0.2) is 86.6 Å². The first kappa shape index (κ1) is 21.0. The third-order valence-corrected chi connectivity index (χ3v) is 5.91. The highest BCUT2D eigenvalue weighted by Crippen LogP contribution is 2.22. The highest BCUT2D eigenvalue weighted by molar-refractivity contribution is 5.75. The first-order valence-electron chi connectivity index (χ1n) is 10.7. The van der Waals surface area contributed by atoms with E-state index >= 15 is 0 Å². The van der Waals surface area contributed by atoms with Gasteiger partial charge >= 0.3 is 0 Å². The molecule has 0 unspecified atom stereocenters. The number of anilines is 2. The van der Waals surface area contributed by atoms with Crippen molar-refractivity contribution < 1.29 is 9.84 Å². The summed E-state index contributed by atoms with van der Waals surface area (Å²) >= 11 is 0.